The molecule has 5 nitrogen and oxygen atoms in total. The highest BCUT2D eigenvalue weighted by atomic mass is 32.1. The van der Waals surface area contributed by atoms with Gasteiger partial charge in [0.15, 0.2) is 0 Å². The standard InChI is InChI=1S/C27H25FN4OS/c1-17-8-13-25(14-18(17)2)30-27-32(26(16-34-27)21-9-11-23(28)12-10-21)31-19(3)22-6-5-7-24(15-22)29-20(4)33/h5-16H,1-4H3,(H,29,33). The highest BCUT2D eigenvalue weighted by molar-refractivity contribution is 7.07. The highest BCUT2D eigenvalue weighted by Crippen LogP contribution is 2.23. The fourth-order valence-electron chi connectivity index (χ4n) is 3.43. The number of carbonyl (C=O) groups excluding carboxylic acids is 1. The van der Waals surface area contributed by atoms with Crippen molar-refractivity contribution in [3.8, 4) is 11.3 Å². The maximum atomic E-state index is 13.5. The molecule has 0 aliphatic rings. The van der Waals surface area contributed by atoms with Crippen LogP contribution in [-0.2, 0) is 4.79 Å². The van der Waals surface area contributed by atoms with Crippen molar-refractivity contribution in [2.75, 3.05) is 5.32 Å². The summed E-state index contributed by atoms with van der Waals surface area (Å²) >= 11 is 1.47. The van der Waals surface area contributed by atoms with Gasteiger partial charge in [-0.25, -0.2) is 14.1 Å². The van der Waals surface area contributed by atoms with Gasteiger partial charge in [-0.2, -0.15) is 5.10 Å². The number of halogens is 1. The van der Waals surface area contributed by atoms with Crippen LogP contribution in [0.15, 0.2) is 82.2 Å². The summed E-state index contributed by atoms with van der Waals surface area (Å²) < 4.78 is 15.3. The van der Waals surface area contributed by atoms with Crippen molar-refractivity contribution in [2.24, 2.45) is 10.1 Å². The highest BCUT2D eigenvalue weighted by Gasteiger charge is 2.10. The fraction of sp³-hybridized carbons (Fsp3) is 0.148. The van der Waals surface area contributed by atoms with Gasteiger partial charge in [0.1, 0.15) is 5.82 Å². The van der Waals surface area contributed by atoms with Gasteiger partial charge in [0.05, 0.1) is 17.1 Å². The SMILES string of the molecule is CC(=O)Nc1cccc(C(C)=Nn2c(-c3ccc(F)cc3)csc2=Nc2ccc(C)c(C)c2)c1. The van der Waals surface area contributed by atoms with Gasteiger partial charge in [-0.1, -0.05) is 18.2 Å². The van der Waals surface area contributed by atoms with E-state index in [1.165, 1.54) is 36.0 Å². The van der Waals surface area contributed by atoms with Crippen LogP contribution >= 0.6 is 11.3 Å². The molecule has 1 aromatic heterocycles. The van der Waals surface area contributed by atoms with Crippen LogP contribution in [0.25, 0.3) is 11.3 Å². The van der Waals surface area contributed by atoms with E-state index in [4.69, 9.17) is 10.1 Å². The summed E-state index contributed by atoms with van der Waals surface area (Å²) in [7, 11) is 0. The zero-order chi connectivity index (χ0) is 24.2. The molecule has 1 amide bonds. The van der Waals surface area contributed by atoms with Crippen molar-refractivity contribution in [1.82, 2.24) is 4.68 Å². The van der Waals surface area contributed by atoms with E-state index < -0.39 is 0 Å². The third kappa shape index (κ3) is 5.38. The lowest BCUT2D eigenvalue weighted by atomic mass is 10.1. The second-order valence-electron chi connectivity index (χ2n) is 8.05. The average Bonchev–Trinajstić information content (AvgIpc) is 3.18. The minimum Gasteiger partial charge on any atom is -0.326 e. The molecule has 0 radical (unpaired) electrons. The van der Waals surface area contributed by atoms with Crippen LogP contribution in [0.5, 0.6) is 0 Å². The zero-order valence-corrected chi connectivity index (χ0v) is 20.3. The van der Waals surface area contributed by atoms with Crippen LogP contribution in [0, 0.1) is 19.7 Å². The number of hydrogen-bond acceptors (Lipinski definition) is 4. The van der Waals surface area contributed by atoms with Crippen molar-refractivity contribution in [2.45, 2.75) is 27.7 Å². The molecule has 0 unspecified atom stereocenters. The maximum Gasteiger partial charge on any atom is 0.221 e. The van der Waals surface area contributed by atoms with E-state index >= 15 is 0 Å². The Morgan fingerprint density at radius 2 is 1.74 bits per heavy atom. The van der Waals surface area contributed by atoms with Crippen LogP contribution in [0.3, 0.4) is 0 Å². The van der Waals surface area contributed by atoms with Gasteiger partial charge in [0.25, 0.3) is 0 Å². The number of hydrogen-bond donors (Lipinski definition) is 1. The predicted octanol–water partition coefficient (Wildman–Crippen LogP) is 6.44. The Balaban J connectivity index is 1.85. The molecule has 0 spiro atoms. The molecule has 0 fully saturated rings. The van der Waals surface area contributed by atoms with Gasteiger partial charge in [-0.15, -0.1) is 11.3 Å². The predicted molar refractivity (Wildman–Crippen MR) is 137 cm³/mol. The van der Waals surface area contributed by atoms with Gasteiger partial charge < -0.3 is 5.32 Å². The number of anilines is 1. The van der Waals surface area contributed by atoms with Crippen molar-refractivity contribution in [1.29, 1.82) is 0 Å². The second-order valence-corrected chi connectivity index (χ2v) is 8.89. The molecule has 0 aliphatic heterocycles. The number of benzene rings is 3. The lowest BCUT2D eigenvalue weighted by Crippen LogP contribution is -2.14. The summed E-state index contributed by atoms with van der Waals surface area (Å²) in [5.74, 6) is -0.424. The van der Waals surface area contributed by atoms with E-state index in [0.717, 1.165) is 33.8 Å². The Morgan fingerprint density at radius 3 is 2.44 bits per heavy atom. The van der Waals surface area contributed by atoms with Crippen LogP contribution in [-0.4, -0.2) is 16.3 Å². The summed E-state index contributed by atoms with van der Waals surface area (Å²) in [6.45, 7) is 7.51. The number of aryl methyl sites for hydroxylation is 2. The number of amides is 1. The lowest BCUT2D eigenvalue weighted by molar-refractivity contribution is -0.114. The minimum absolute atomic E-state index is 0.132. The van der Waals surface area contributed by atoms with Crippen LogP contribution in [0.2, 0.25) is 0 Å². The maximum absolute atomic E-state index is 13.5. The van der Waals surface area contributed by atoms with Crippen molar-refractivity contribution in [3.05, 3.63) is 99.4 Å². The third-order valence-corrected chi connectivity index (χ3v) is 6.21. The molecule has 4 rings (SSSR count). The first-order chi connectivity index (χ1) is 16.3. The molecular weight excluding hydrogens is 447 g/mol. The summed E-state index contributed by atoms with van der Waals surface area (Å²) in [4.78, 5) is 17.0. The van der Waals surface area contributed by atoms with E-state index in [1.807, 2.05) is 48.7 Å². The van der Waals surface area contributed by atoms with E-state index in [1.54, 1.807) is 16.8 Å². The number of nitrogens with one attached hydrogen (secondary N) is 1. The molecule has 0 saturated carbocycles. The first kappa shape index (κ1) is 23.3. The van der Waals surface area contributed by atoms with Crippen molar-refractivity contribution < 1.29 is 9.18 Å². The molecule has 4 aromatic rings. The summed E-state index contributed by atoms with van der Waals surface area (Å²) in [6, 6.07) is 19.9. The molecular formula is C27H25FN4OS. The molecule has 1 N–H and O–H groups in total. The molecule has 0 saturated heterocycles. The van der Waals surface area contributed by atoms with Crippen LogP contribution in [0.1, 0.15) is 30.5 Å². The van der Waals surface area contributed by atoms with E-state index in [9.17, 15) is 9.18 Å². The number of carbonyl (C=O) groups is 1. The summed E-state index contributed by atoms with van der Waals surface area (Å²) in [5, 5.41) is 9.66. The molecule has 7 heteroatoms. The largest absolute Gasteiger partial charge is 0.326 e. The Kier molecular flexibility index (Phi) is 6.84. The molecule has 1 heterocycles. The second kappa shape index (κ2) is 9.97. The Hall–Kier alpha value is -3.84. The average molecular weight is 473 g/mol. The molecule has 0 aliphatic carbocycles. The Labute approximate surface area is 202 Å². The quantitative estimate of drug-likeness (QED) is 0.334. The van der Waals surface area contributed by atoms with Gasteiger partial charge in [-0.3, -0.25) is 4.79 Å². The first-order valence-electron chi connectivity index (χ1n) is 10.8. The summed E-state index contributed by atoms with van der Waals surface area (Å²) in [6.07, 6.45) is 0. The topological polar surface area (TPSA) is 58.8 Å². The van der Waals surface area contributed by atoms with Gasteiger partial charge in [-0.05, 0) is 86.0 Å². The number of nitrogens with zero attached hydrogens (tertiary/aromatic N) is 3. The van der Waals surface area contributed by atoms with Gasteiger partial charge >= 0.3 is 0 Å². The number of aromatic nitrogens is 1. The summed E-state index contributed by atoms with van der Waals surface area (Å²) in [5.41, 5.74) is 7.17. The van der Waals surface area contributed by atoms with Crippen molar-refractivity contribution in [3.63, 3.8) is 0 Å². The smallest absolute Gasteiger partial charge is 0.221 e. The molecule has 34 heavy (non-hydrogen) atoms. The molecule has 0 bridgehead atoms. The Bertz CT molecular complexity index is 1450. The van der Waals surface area contributed by atoms with Crippen molar-refractivity contribution >= 4 is 34.3 Å². The third-order valence-electron chi connectivity index (χ3n) is 5.39. The lowest BCUT2D eigenvalue weighted by Gasteiger charge is -2.08. The molecule has 3 aromatic carbocycles. The van der Waals surface area contributed by atoms with Crippen LogP contribution in [0.4, 0.5) is 15.8 Å². The van der Waals surface area contributed by atoms with Gasteiger partial charge in [0.2, 0.25) is 10.7 Å². The molecule has 172 valence electrons. The number of rotatable bonds is 5. The van der Waals surface area contributed by atoms with E-state index in [2.05, 4.69) is 25.2 Å². The normalized spacial score (nSPS) is 12.1. The minimum atomic E-state index is -0.292. The molecule has 0 atom stereocenters. The first-order valence-corrected chi connectivity index (χ1v) is 11.7. The monoisotopic (exact) mass is 472 g/mol. The van der Waals surface area contributed by atoms with Crippen LogP contribution < -0.4 is 10.1 Å². The number of thiazole rings is 1. The van der Waals surface area contributed by atoms with Gasteiger partial charge in [0, 0.05) is 23.6 Å². The fourth-order valence-corrected chi connectivity index (χ4v) is 4.28. The van der Waals surface area contributed by atoms with E-state index in [-0.39, 0.29) is 11.7 Å². The Morgan fingerprint density at radius 1 is 0.971 bits per heavy atom. The van der Waals surface area contributed by atoms with E-state index in [0.29, 0.717) is 10.5 Å². The zero-order valence-electron chi connectivity index (χ0n) is 19.5.